The minimum atomic E-state index is -0.455. The Morgan fingerprint density at radius 3 is 2.50 bits per heavy atom. The standard InChI is InChI=1S/C24H27N3O3/c1-3-21(20-7-6-14-25-16-20)27-24(29)30-17(2)19-12-10-18(11-13-19)15-26-22-8-4-5-9-23(22)28/h4-14,16-17,21,26,28H,3,15H2,1-2H3,(H,27,29)/t17-,21-/m0/s1. The van der Waals surface area contributed by atoms with E-state index in [9.17, 15) is 9.90 Å². The summed E-state index contributed by atoms with van der Waals surface area (Å²) in [6, 6.07) is 18.6. The molecule has 3 N–H and O–H groups in total. The molecular formula is C24H27N3O3. The van der Waals surface area contributed by atoms with Gasteiger partial charge in [0.1, 0.15) is 11.9 Å². The van der Waals surface area contributed by atoms with Crippen LogP contribution < -0.4 is 10.6 Å². The van der Waals surface area contributed by atoms with Gasteiger partial charge in [0.2, 0.25) is 0 Å². The molecule has 0 spiro atoms. The minimum absolute atomic E-state index is 0.138. The molecule has 0 saturated heterocycles. The van der Waals surface area contributed by atoms with Crippen LogP contribution in [-0.4, -0.2) is 16.2 Å². The fourth-order valence-electron chi connectivity index (χ4n) is 3.13. The first-order valence-corrected chi connectivity index (χ1v) is 10.0. The molecule has 3 aromatic rings. The number of benzene rings is 2. The highest BCUT2D eigenvalue weighted by Crippen LogP contribution is 2.23. The highest BCUT2D eigenvalue weighted by Gasteiger charge is 2.17. The van der Waals surface area contributed by atoms with E-state index in [2.05, 4.69) is 15.6 Å². The third-order valence-electron chi connectivity index (χ3n) is 4.91. The van der Waals surface area contributed by atoms with Gasteiger partial charge in [-0.05, 0) is 48.2 Å². The smallest absolute Gasteiger partial charge is 0.408 e. The molecule has 6 heteroatoms. The number of rotatable bonds is 8. The summed E-state index contributed by atoms with van der Waals surface area (Å²) >= 11 is 0. The molecule has 1 heterocycles. The lowest BCUT2D eigenvalue weighted by atomic mass is 10.1. The van der Waals surface area contributed by atoms with Crippen molar-refractivity contribution in [3.63, 3.8) is 0 Å². The molecule has 6 nitrogen and oxygen atoms in total. The number of hydrogen-bond donors (Lipinski definition) is 3. The number of amides is 1. The molecule has 0 fully saturated rings. The molecule has 2 aromatic carbocycles. The quantitative estimate of drug-likeness (QED) is 0.441. The van der Waals surface area contributed by atoms with Crippen molar-refractivity contribution in [2.45, 2.75) is 39.0 Å². The van der Waals surface area contributed by atoms with Crippen molar-refractivity contribution >= 4 is 11.8 Å². The summed E-state index contributed by atoms with van der Waals surface area (Å²) < 4.78 is 5.56. The first-order valence-electron chi connectivity index (χ1n) is 10.0. The van der Waals surface area contributed by atoms with Gasteiger partial charge in [-0.25, -0.2) is 4.79 Å². The Bertz CT molecular complexity index is 945. The maximum Gasteiger partial charge on any atom is 0.408 e. The first kappa shape index (κ1) is 21.2. The highest BCUT2D eigenvalue weighted by molar-refractivity contribution is 5.68. The van der Waals surface area contributed by atoms with Crippen LogP contribution in [0.5, 0.6) is 5.75 Å². The van der Waals surface area contributed by atoms with E-state index in [-0.39, 0.29) is 17.9 Å². The van der Waals surface area contributed by atoms with Gasteiger partial charge in [0.25, 0.3) is 0 Å². The Morgan fingerprint density at radius 1 is 1.07 bits per heavy atom. The molecule has 3 rings (SSSR count). The Kier molecular flexibility index (Phi) is 7.27. The van der Waals surface area contributed by atoms with Gasteiger partial charge < -0.3 is 20.5 Å². The summed E-state index contributed by atoms with van der Waals surface area (Å²) in [6.45, 7) is 4.43. The summed E-state index contributed by atoms with van der Waals surface area (Å²) in [5, 5.41) is 15.9. The average molecular weight is 405 g/mol. The van der Waals surface area contributed by atoms with Crippen molar-refractivity contribution in [3.05, 3.63) is 89.7 Å². The van der Waals surface area contributed by atoms with Crippen LogP contribution in [0.4, 0.5) is 10.5 Å². The molecule has 156 valence electrons. The maximum absolute atomic E-state index is 12.3. The Balaban J connectivity index is 1.53. The number of aromatic nitrogens is 1. The topological polar surface area (TPSA) is 83.5 Å². The normalized spacial score (nSPS) is 12.6. The molecular weight excluding hydrogens is 378 g/mol. The minimum Gasteiger partial charge on any atom is -0.506 e. The lowest BCUT2D eigenvalue weighted by Gasteiger charge is -2.20. The van der Waals surface area contributed by atoms with Crippen LogP contribution in [0.3, 0.4) is 0 Å². The van der Waals surface area contributed by atoms with Crippen LogP contribution in [0, 0.1) is 0 Å². The fourth-order valence-corrected chi connectivity index (χ4v) is 3.13. The summed E-state index contributed by atoms with van der Waals surface area (Å²) in [4.78, 5) is 16.4. The van der Waals surface area contributed by atoms with Crippen molar-refractivity contribution in [2.75, 3.05) is 5.32 Å². The second kappa shape index (κ2) is 10.3. The van der Waals surface area contributed by atoms with E-state index < -0.39 is 6.09 Å². The number of nitrogens with one attached hydrogen (secondary N) is 2. The van der Waals surface area contributed by atoms with Crippen LogP contribution in [0.1, 0.15) is 49.1 Å². The second-order valence-corrected chi connectivity index (χ2v) is 7.05. The molecule has 1 amide bonds. The van der Waals surface area contributed by atoms with E-state index in [0.29, 0.717) is 12.2 Å². The number of hydrogen-bond acceptors (Lipinski definition) is 5. The third kappa shape index (κ3) is 5.73. The number of phenolic OH excluding ortho intramolecular Hbond substituents is 1. The van der Waals surface area contributed by atoms with Crippen molar-refractivity contribution in [3.8, 4) is 5.75 Å². The van der Waals surface area contributed by atoms with Crippen molar-refractivity contribution in [2.24, 2.45) is 0 Å². The number of alkyl carbamates (subject to hydrolysis) is 1. The SMILES string of the molecule is CC[C@H](NC(=O)O[C@@H](C)c1ccc(CNc2ccccc2O)cc1)c1cccnc1. The Morgan fingerprint density at radius 2 is 1.83 bits per heavy atom. The van der Waals surface area contributed by atoms with Crippen LogP contribution >= 0.6 is 0 Å². The Labute approximate surface area is 176 Å². The Hall–Kier alpha value is -3.54. The lowest BCUT2D eigenvalue weighted by Crippen LogP contribution is -2.29. The van der Waals surface area contributed by atoms with E-state index in [1.54, 1.807) is 24.5 Å². The summed E-state index contributed by atoms with van der Waals surface area (Å²) in [5.74, 6) is 0.221. The van der Waals surface area contributed by atoms with Gasteiger partial charge in [-0.2, -0.15) is 0 Å². The second-order valence-electron chi connectivity index (χ2n) is 7.05. The van der Waals surface area contributed by atoms with Crippen LogP contribution in [0.25, 0.3) is 0 Å². The van der Waals surface area contributed by atoms with Gasteiger partial charge in [0, 0.05) is 18.9 Å². The van der Waals surface area contributed by atoms with Crippen molar-refractivity contribution < 1.29 is 14.6 Å². The molecule has 0 aliphatic heterocycles. The molecule has 0 radical (unpaired) electrons. The number of carbonyl (C=O) groups is 1. The molecule has 1 aromatic heterocycles. The number of para-hydroxylation sites is 2. The molecule has 2 atom stereocenters. The van der Waals surface area contributed by atoms with E-state index in [4.69, 9.17) is 4.74 Å². The molecule has 0 bridgehead atoms. The zero-order valence-corrected chi connectivity index (χ0v) is 17.2. The number of pyridine rings is 1. The van der Waals surface area contributed by atoms with Gasteiger partial charge in [-0.15, -0.1) is 0 Å². The molecule has 30 heavy (non-hydrogen) atoms. The molecule has 0 aliphatic rings. The largest absolute Gasteiger partial charge is 0.506 e. The van der Waals surface area contributed by atoms with Gasteiger partial charge in [0.15, 0.2) is 0 Å². The number of ether oxygens (including phenoxy) is 1. The highest BCUT2D eigenvalue weighted by atomic mass is 16.6. The fraction of sp³-hybridized carbons (Fsp3) is 0.250. The van der Waals surface area contributed by atoms with Crippen LogP contribution in [0.15, 0.2) is 73.1 Å². The predicted octanol–water partition coefficient (Wildman–Crippen LogP) is 5.34. The maximum atomic E-state index is 12.3. The summed E-state index contributed by atoms with van der Waals surface area (Å²) in [5.41, 5.74) is 3.60. The van der Waals surface area contributed by atoms with E-state index in [1.165, 1.54) is 0 Å². The van der Waals surface area contributed by atoms with Gasteiger partial charge in [-0.1, -0.05) is 49.4 Å². The van der Waals surface area contributed by atoms with Crippen LogP contribution in [-0.2, 0) is 11.3 Å². The van der Waals surface area contributed by atoms with E-state index >= 15 is 0 Å². The number of phenols is 1. The van der Waals surface area contributed by atoms with E-state index in [1.807, 2.05) is 62.4 Å². The van der Waals surface area contributed by atoms with Crippen LogP contribution in [0.2, 0.25) is 0 Å². The number of carbonyl (C=O) groups excluding carboxylic acids is 1. The van der Waals surface area contributed by atoms with Gasteiger partial charge in [0.05, 0.1) is 11.7 Å². The van der Waals surface area contributed by atoms with Crippen molar-refractivity contribution in [1.82, 2.24) is 10.3 Å². The van der Waals surface area contributed by atoms with Crippen molar-refractivity contribution in [1.29, 1.82) is 0 Å². The molecule has 0 aliphatic carbocycles. The summed E-state index contributed by atoms with van der Waals surface area (Å²) in [6.07, 6.45) is 3.37. The lowest BCUT2D eigenvalue weighted by molar-refractivity contribution is 0.103. The van der Waals surface area contributed by atoms with E-state index in [0.717, 1.165) is 23.1 Å². The first-order chi connectivity index (χ1) is 14.6. The number of nitrogens with zero attached hydrogens (tertiary/aromatic N) is 1. The number of anilines is 1. The monoisotopic (exact) mass is 405 g/mol. The molecule has 0 unspecified atom stereocenters. The number of aromatic hydroxyl groups is 1. The molecule has 0 saturated carbocycles. The zero-order chi connectivity index (χ0) is 21.3. The van der Waals surface area contributed by atoms with Gasteiger partial charge in [-0.3, -0.25) is 4.98 Å². The van der Waals surface area contributed by atoms with Gasteiger partial charge >= 0.3 is 6.09 Å². The average Bonchev–Trinajstić information content (AvgIpc) is 2.78. The third-order valence-corrected chi connectivity index (χ3v) is 4.91. The summed E-state index contributed by atoms with van der Waals surface area (Å²) in [7, 11) is 0. The predicted molar refractivity (Wildman–Crippen MR) is 117 cm³/mol. The zero-order valence-electron chi connectivity index (χ0n) is 17.2.